The molecule has 3 atom stereocenters. The summed E-state index contributed by atoms with van der Waals surface area (Å²) in [6, 6.07) is 5.67. The molecule has 23 heavy (non-hydrogen) atoms. The van der Waals surface area contributed by atoms with Crippen LogP contribution in [-0.2, 0) is 14.9 Å². The molecule has 0 aliphatic heterocycles. The highest BCUT2D eigenvalue weighted by Gasteiger charge is 2.57. The maximum atomic E-state index is 12.7. The van der Waals surface area contributed by atoms with Gasteiger partial charge < -0.3 is 9.47 Å². The van der Waals surface area contributed by atoms with Crippen LogP contribution in [0.15, 0.2) is 18.2 Å². The Morgan fingerprint density at radius 1 is 1.22 bits per heavy atom. The Morgan fingerprint density at radius 3 is 2.61 bits per heavy atom. The largest absolute Gasteiger partial charge is 0.497 e. The molecule has 1 fully saturated rings. The molecule has 0 bridgehead atoms. The van der Waals surface area contributed by atoms with Gasteiger partial charge in [-0.25, -0.2) is 0 Å². The minimum absolute atomic E-state index is 0.0386. The van der Waals surface area contributed by atoms with Crippen LogP contribution in [0.25, 0.3) is 0 Å². The number of rotatable bonds is 2. The van der Waals surface area contributed by atoms with Crippen LogP contribution in [0.2, 0.25) is 0 Å². The molecule has 124 valence electrons. The molecule has 1 saturated carbocycles. The molecule has 0 unspecified atom stereocenters. The van der Waals surface area contributed by atoms with Crippen molar-refractivity contribution in [3.8, 4) is 5.75 Å². The molecule has 0 N–H and O–H groups in total. The van der Waals surface area contributed by atoms with Crippen molar-refractivity contribution in [2.45, 2.75) is 44.9 Å². The molecule has 0 radical (unpaired) electrons. The molecule has 1 aromatic rings. The SMILES string of the molecule is COC(=O)[C@]1(C)CCC[C@@]2(C)c3cc(OC)ccc3C(=O)C[C@H]12. The highest BCUT2D eigenvalue weighted by atomic mass is 16.5. The third kappa shape index (κ3) is 2.19. The molecule has 4 nitrogen and oxygen atoms in total. The van der Waals surface area contributed by atoms with Crippen LogP contribution in [0.5, 0.6) is 5.75 Å². The van der Waals surface area contributed by atoms with Crippen molar-refractivity contribution in [2.75, 3.05) is 14.2 Å². The summed E-state index contributed by atoms with van der Waals surface area (Å²) in [7, 11) is 3.06. The number of fused-ring (bicyclic) bond motifs is 3. The van der Waals surface area contributed by atoms with Crippen LogP contribution in [0, 0.1) is 11.3 Å². The van der Waals surface area contributed by atoms with Crippen molar-refractivity contribution < 1.29 is 19.1 Å². The number of carbonyl (C=O) groups excluding carboxylic acids is 2. The minimum Gasteiger partial charge on any atom is -0.497 e. The van der Waals surface area contributed by atoms with Gasteiger partial charge >= 0.3 is 5.97 Å². The summed E-state index contributed by atoms with van der Waals surface area (Å²) >= 11 is 0. The maximum Gasteiger partial charge on any atom is 0.311 e. The predicted octanol–water partition coefficient (Wildman–Crippen LogP) is 3.52. The summed E-state index contributed by atoms with van der Waals surface area (Å²) in [5.74, 6) is 0.627. The van der Waals surface area contributed by atoms with Gasteiger partial charge in [0.15, 0.2) is 5.78 Å². The van der Waals surface area contributed by atoms with E-state index in [9.17, 15) is 9.59 Å². The van der Waals surface area contributed by atoms with Crippen molar-refractivity contribution in [1.82, 2.24) is 0 Å². The van der Waals surface area contributed by atoms with E-state index in [0.29, 0.717) is 6.42 Å². The summed E-state index contributed by atoms with van der Waals surface area (Å²) in [4.78, 5) is 25.2. The lowest BCUT2D eigenvalue weighted by Crippen LogP contribution is -2.53. The van der Waals surface area contributed by atoms with Gasteiger partial charge in [-0.1, -0.05) is 13.3 Å². The molecule has 2 aliphatic rings. The molecule has 0 saturated heterocycles. The quantitative estimate of drug-likeness (QED) is 0.783. The van der Waals surface area contributed by atoms with E-state index < -0.39 is 5.41 Å². The monoisotopic (exact) mass is 316 g/mol. The second-order valence-corrected chi connectivity index (χ2v) is 7.27. The van der Waals surface area contributed by atoms with E-state index in [1.165, 1.54) is 7.11 Å². The van der Waals surface area contributed by atoms with Crippen molar-refractivity contribution in [2.24, 2.45) is 11.3 Å². The first-order valence-corrected chi connectivity index (χ1v) is 8.17. The summed E-state index contributed by atoms with van der Waals surface area (Å²) < 4.78 is 10.4. The summed E-state index contributed by atoms with van der Waals surface area (Å²) in [5.41, 5.74) is 0.976. The van der Waals surface area contributed by atoms with Gasteiger partial charge in [0.05, 0.1) is 19.6 Å². The van der Waals surface area contributed by atoms with Crippen molar-refractivity contribution in [3.05, 3.63) is 29.3 Å². The number of ether oxygens (including phenoxy) is 2. The molecule has 1 aromatic carbocycles. The van der Waals surface area contributed by atoms with Gasteiger partial charge in [0.1, 0.15) is 5.75 Å². The molecule has 0 aromatic heterocycles. The third-order valence-electron chi connectivity index (χ3n) is 6.11. The summed E-state index contributed by atoms with van der Waals surface area (Å²) in [6.07, 6.45) is 3.09. The van der Waals surface area contributed by atoms with Crippen LogP contribution in [0.4, 0.5) is 0 Å². The first kappa shape index (κ1) is 16.0. The summed E-state index contributed by atoms with van der Waals surface area (Å²) in [6.45, 7) is 4.14. The van der Waals surface area contributed by atoms with Crippen LogP contribution in [0.1, 0.15) is 55.5 Å². The molecule has 0 spiro atoms. The van der Waals surface area contributed by atoms with E-state index in [4.69, 9.17) is 9.47 Å². The van der Waals surface area contributed by atoms with Gasteiger partial charge in [-0.3, -0.25) is 9.59 Å². The number of esters is 1. The zero-order chi connectivity index (χ0) is 16.8. The summed E-state index contributed by atoms with van der Waals surface area (Å²) in [5, 5.41) is 0. The smallest absolute Gasteiger partial charge is 0.311 e. The van der Waals surface area contributed by atoms with E-state index in [1.807, 2.05) is 25.1 Å². The predicted molar refractivity (Wildman–Crippen MR) is 86.8 cm³/mol. The van der Waals surface area contributed by atoms with Crippen molar-refractivity contribution in [1.29, 1.82) is 0 Å². The fourth-order valence-electron chi connectivity index (χ4n) is 4.79. The zero-order valence-corrected chi connectivity index (χ0v) is 14.3. The zero-order valence-electron chi connectivity index (χ0n) is 14.3. The molecule has 2 aliphatic carbocycles. The number of hydrogen-bond acceptors (Lipinski definition) is 4. The number of benzene rings is 1. The van der Waals surface area contributed by atoms with E-state index >= 15 is 0 Å². The average molecular weight is 316 g/mol. The highest BCUT2D eigenvalue weighted by Crippen LogP contribution is 2.57. The molecular weight excluding hydrogens is 292 g/mol. The number of Topliss-reactive ketones (excluding diaryl/α,β-unsaturated/α-hetero) is 1. The lowest BCUT2D eigenvalue weighted by atomic mass is 9.49. The standard InChI is InChI=1S/C19H24O4/c1-18-8-5-9-19(2,17(21)23-4)16(18)11-15(20)13-7-6-12(22-3)10-14(13)18/h6-7,10,16H,5,8-9,11H2,1-4H3/t16-,18-,19+/m0/s1. The van der Waals surface area contributed by atoms with E-state index in [1.54, 1.807) is 7.11 Å². The Balaban J connectivity index is 2.17. The van der Waals surface area contributed by atoms with Gasteiger partial charge in [0, 0.05) is 12.0 Å². The lowest BCUT2D eigenvalue weighted by Gasteiger charge is -2.53. The normalized spacial score (nSPS) is 32.7. The van der Waals surface area contributed by atoms with Crippen LogP contribution in [0.3, 0.4) is 0 Å². The Labute approximate surface area is 137 Å². The first-order chi connectivity index (χ1) is 10.9. The molecule has 0 amide bonds. The average Bonchev–Trinajstić information content (AvgIpc) is 2.56. The van der Waals surface area contributed by atoms with Gasteiger partial charge in [0.25, 0.3) is 0 Å². The van der Waals surface area contributed by atoms with Gasteiger partial charge in [-0.05, 0) is 54.9 Å². The molecule has 0 heterocycles. The van der Waals surface area contributed by atoms with Crippen molar-refractivity contribution >= 4 is 11.8 Å². The Bertz CT molecular complexity index is 665. The number of carbonyl (C=O) groups is 2. The van der Waals surface area contributed by atoms with Crippen molar-refractivity contribution in [3.63, 3.8) is 0 Å². The van der Waals surface area contributed by atoms with Gasteiger partial charge in [-0.15, -0.1) is 0 Å². The second kappa shape index (κ2) is 5.36. The topological polar surface area (TPSA) is 52.6 Å². The fraction of sp³-hybridized carbons (Fsp3) is 0.579. The van der Waals surface area contributed by atoms with Gasteiger partial charge in [0.2, 0.25) is 0 Å². The minimum atomic E-state index is -0.613. The molecule has 3 rings (SSSR count). The van der Waals surface area contributed by atoms with Crippen LogP contribution in [-0.4, -0.2) is 26.0 Å². The highest BCUT2D eigenvalue weighted by molar-refractivity contribution is 6.00. The first-order valence-electron chi connectivity index (χ1n) is 8.17. The number of ketones is 1. The Kier molecular flexibility index (Phi) is 3.74. The van der Waals surface area contributed by atoms with E-state index in [2.05, 4.69) is 6.92 Å². The van der Waals surface area contributed by atoms with Crippen LogP contribution < -0.4 is 4.74 Å². The molecular formula is C19H24O4. The Morgan fingerprint density at radius 2 is 1.96 bits per heavy atom. The van der Waals surface area contributed by atoms with E-state index in [-0.39, 0.29) is 23.1 Å². The number of methoxy groups -OCH3 is 2. The van der Waals surface area contributed by atoms with Gasteiger partial charge in [-0.2, -0.15) is 0 Å². The fourth-order valence-corrected chi connectivity index (χ4v) is 4.79. The van der Waals surface area contributed by atoms with Crippen LogP contribution >= 0.6 is 0 Å². The number of hydrogen-bond donors (Lipinski definition) is 0. The Hall–Kier alpha value is -1.84. The van der Waals surface area contributed by atoms with E-state index in [0.717, 1.165) is 36.1 Å². The second-order valence-electron chi connectivity index (χ2n) is 7.27. The molecule has 4 heteroatoms. The maximum absolute atomic E-state index is 12.7. The third-order valence-corrected chi connectivity index (χ3v) is 6.11. The lowest BCUT2D eigenvalue weighted by molar-refractivity contribution is -0.160.